The van der Waals surface area contributed by atoms with Gasteiger partial charge in [0, 0.05) is 17.5 Å². The number of aliphatic carboxylic acids is 2. The molecule has 0 aliphatic heterocycles. The second-order valence-electron chi connectivity index (χ2n) is 9.48. The summed E-state index contributed by atoms with van der Waals surface area (Å²) in [7, 11) is 0. The van der Waals surface area contributed by atoms with Crippen molar-refractivity contribution in [2.45, 2.75) is 32.7 Å². The number of fused-ring (bicyclic) bond motifs is 1. The van der Waals surface area contributed by atoms with Crippen molar-refractivity contribution in [1.29, 1.82) is 0 Å². The van der Waals surface area contributed by atoms with E-state index in [2.05, 4.69) is 0 Å². The van der Waals surface area contributed by atoms with E-state index < -0.39 is 11.9 Å². The Labute approximate surface area is 237 Å². The van der Waals surface area contributed by atoms with Crippen LogP contribution < -0.4 is 9.47 Å². The van der Waals surface area contributed by atoms with Gasteiger partial charge in [0.2, 0.25) is 0 Å². The van der Waals surface area contributed by atoms with E-state index in [4.69, 9.17) is 14.6 Å². The summed E-state index contributed by atoms with van der Waals surface area (Å²) >= 11 is 0. The van der Waals surface area contributed by atoms with Gasteiger partial charge >= 0.3 is 11.9 Å². The molecule has 4 rings (SSSR count). The topological polar surface area (TPSA) is 98.0 Å². The summed E-state index contributed by atoms with van der Waals surface area (Å²) < 4.78 is 26.0. The van der Waals surface area contributed by atoms with E-state index in [-0.39, 0.29) is 18.8 Å². The van der Waals surface area contributed by atoms with E-state index in [0.29, 0.717) is 37.6 Å². The van der Waals surface area contributed by atoms with E-state index in [9.17, 15) is 19.1 Å². The summed E-state index contributed by atoms with van der Waals surface area (Å²) in [5.74, 6) is -0.779. The predicted octanol–water partition coefficient (Wildman–Crippen LogP) is 6.77. The van der Waals surface area contributed by atoms with Gasteiger partial charge in [-0.2, -0.15) is 0 Å². The molecule has 0 aliphatic carbocycles. The fraction of sp³-hybridized carbons (Fsp3) is 0.212. The van der Waals surface area contributed by atoms with Gasteiger partial charge in [0.25, 0.3) is 0 Å². The lowest BCUT2D eigenvalue weighted by Crippen LogP contribution is -2.10. The number of hydrogen-bond acceptors (Lipinski definition) is 4. The molecule has 0 saturated heterocycles. The zero-order valence-electron chi connectivity index (χ0n) is 22.8. The Morgan fingerprint density at radius 2 is 1.49 bits per heavy atom. The Kier molecular flexibility index (Phi) is 9.94. The number of nitrogens with zero attached hydrogens (tertiary/aromatic N) is 1. The molecule has 0 atom stereocenters. The van der Waals surface area contributed by atoms with Crippen molar-refractivity contribution >= 4 is 35.0 Å². The Morgan fingerprint density at radius 3 is 2.10 bits per heavy atom. The third-order valence-electron chi connectivity index (χ3n) is 6.62. The Hall–Kier alpha value is -4.85. The maximum Gasteiger partial charge on any atom is 0.323 e. The first-order chi connectivity index (χ1) is 19.8. The molecule has 0 saturated carbocycles. The molecule has 0 fully saturated rings. The standard InChI is InChI=1S/C33H32FNO6/c1-23-29(7-5-9-31(36)37)30-8-4-6-25(33(30)35(23)22-32(38)39)13-10-24-11-16-27(17-12-24)40-20-2-3-21-41-28-18-14-26(34)15-19-28/h2-4,6,8,10-19H,5,7,9,20-22H2,1H3,(H,36,37)(H,38,39). The van der Waals surface area contributed by atoms with Gasteiger partial charge in [0.1, 0.15) is 37.1 Å². The van der Waals surface area contributed by atoms with E-state index in [0.717, 1.165) is 33.3 Å². The molecule has 0 spiro atoms. The van der Waals surface area contributed by atoms with Crippen LogP contribution in [0.25, 0.3) is 23.1 Å². The number of carbonyl (C=O) groups is 2. The van der Waals surface area contributed by atoms with Crippen molar-refractivity contribution in [3.8, 4) is 11.5 Å². The first kappa shape index (κ1) is 29.1. The molecule has 0 bridgehead atoms. The zero-order chi connectivity index (χ0) is 29.2. The number of aryl methyl sites for hydroxylation is 1. The maximum atomic E-state index is 12.9. The number of rotatable bonds is 14. The highest BCUT2D eigenvalue weighted by Crippen LogP contribution is 2.31. The van der Waals surface area contributed by atoms with E-state index in [1.54, 1.807) is 16.7 Å². The van der Waals surface area contributed by atoms with E-state index in [1.165, 1.54) is 12.1 Å². The fourth-order valence-corrected chi connectivity index (χ4v) is 4.65. The van der Waals surface area contributed by atoms with Crippen LogP contribution in [0.5, 0.6) is 11.5 Å². The number of para-hydroxylation sites is 1. The van der Waals surface area contributed by atoms with Gasteiger partial charge < -0.3 is 24.3 Å². The lowest BCUT2D eigenvalue weighted by molar-refractivity contribution is -0.138. The molecule has 1 aromatic heterocycles. The minimum absolute atomic E-state index is 0.0621. The van der Waals surface area contributed by atoms with Crippen LogP contribution in [0.3, 0.4) is 0 Å². The van der Waals surface area contributed by atoms with E-state index >= 15 is 0 Å². The normalized spacial score (nSPS) is 11.5. The smallest absolute Gasteiger partial charge is 0.323 e. The number of halogens is 1. The van der Waals surface area contributed by atoms with Crippen molar-refractivity contribution in [1.82, 2.24) is 4.57 Å². The third kappa shape index (κ3) is 8.08. The average Bonchev–Trinajstić information content (AvgIpc) is 3.21. The number of carboxylic acids is 2. The van der Waals surface area contributed by atoms with Crippen molar-refractivity contribution in [2.75, 3.05) is 13.2 Å². The zero-order valence-corrected chi connectivity index (χ0v) is 22.8. The molecule has 8 heteroatoms. The summed E-state index contributed by atoms with van der Waals surface area (Å²) in [5, 5.41) is 19.5. The molecule has 0 unspecified atom stereocenters. The Bertz CT molecular complexity index is 1550. The van der Waals surface area contributed by atoms with Crippen LogP contribution in [-0.4, -0.2) is 39.9 Å². The number of hydrogen-bond donors (Lipinski definition) is 2. The van der Waals surface area contributed by atoms with Crippen LogP contribution in [0.4, 0.5) is 4.39 Å². The Morgan fingerprint density at radius 1 is 0.854 bits per heavy atom. The second kappa shape index (κ2) is 14.0. The summed E-state index contributed by atoms with van der Waals surface area (Å²) in [6.07, 6.45) is 8.71. The van der Waals surface area contributed by atoms with Gasteiger partial charge in [-0.3, -0.25) is 9.59 Å². The van der Waals surface area contributed by atoms with Crippen LogP contribution in [0.15, 0.2) is 78.9 Å². The number of ether oxygens (including phenoxy) is 2. The minimum atomic E-state index is -0.938. The number of carboxylic acid groups (broad SMARTS) is 2. The van der Waals surface area contributed by atoms with Gasteiger partial charge in [-0.15, -0.1) is 0 Å². The molecule has 0 aliphatic rings. The molecule has 41 heavy (non-hydrogen) atoms. The molecule has 3 aromatic carbocycles. The van der Waals surface area contributed by atoms with Gasteiger partial charge in [0.15, 0.2) is 0 Å². The first-order valence-corrected chi connectivity index (χ1v) is 13.3. The average molecular weight is 558 g/mol. The van der Waals surface area contributed by atoms with Gasteiger partial charge in [0.05, 0.1) is 5.52 Å². The molecule has 1 heterocycles. The molecule has 7 nitrogen and oxygen atoms in total. The number of benzene rings is 3. The number of aromatic nitrogens is 1. The molecular formula is C33H32FNO6. The highest BCUT2D eigenvalue weighted by atomic mass is 19.1. The quantitative estimate of drug-likeness (QED) is 0.131. The lowest BCUT2D eigenvalue weighted by atomic mass is 10.0. The van der Waals surface area contributed by atoms with Gasteiger partial charge in [-0.05, 0) is 85.0 Å². The highest BCUT2D eigenvalue weighted by molar-refractivity contribution is 5.95. The lowest BCUT2D eigenvalue weighted by Gasteiger charge is -2.08. The highest BCUT2D eigenvalue weighted by Gasteiger charge is 2.18. The van der Waals surface area contributed by atoms with Crippen LogP contribution in [0.1, 0.15) is 35.2 Å². The van der Waals surface area contributed by atoms with Crippen molar-refractivity contribution < 1.29 is 33.7 Å². The molecule has 2 N–H and O–H groups in total. The molecular weight excluding hydrogens is 525 g/mol. The summed E-state index contributed by atoms with van der Waals surface area (Å²) in [6, 6.07) is 19.3. The predicted molar refractivity (Wildman–Crippen MR) is 157 cm³/mol. The SMILES string of the molecule is Cc1c(CCCC(=O)O)c2cccc(C=Cc3ccc(OCC=CCOc4ccc(F)cc4)cc3)c2n1CC(=O)O. The van der Waals surface area contributed by atoms with Crippen LogP contribution >= 0.6 is 0 Å². The van der Waals surface area contributed by atoms with E-state index in [1.807, 2.05) is 73.7 Å². The molecule has 0 amide bonds. The largest absolute Gasteiger partial charge is 0.490 e. The molecule has 4 aromatic rings. The maximum absolute atomic E-state index is 12.9. The molecule has 0 radical (unpaired) electrons. The van der Waals surface area contributed by atoms with Crippen LogP contribution in [-0.2, 0) is 22.6 Å². The van der Waals surface area contributed by atoms with Crippen LogP contribution in [0.2, 0.25) is 0 Å². The minimum Gasteiger partial charge on any atom is -0.490 e. The van der Waals surface area contributed by atoms with Crippen molar-refractivity contribution in [2.24, 2.45) is 0 Å². The van der Waals surface area contributed by atoms with Gasteiger partial charge in [-0.1, -0.05) is 42.5 Å². The monoisotopic (exact) mass is 557 g/mol. The van der Waals surface area contributed by atoms with Gasteiger partial charge in [-0.25, -0.2) is 4.39 Å². The van der Waals surface area contributed by atoms with Crippen LogP contribution in [0, 0.1) is 12.7 Å². The summed E-state index contributed by atoms with van der Waals surface area (Å²) in [6.45, 7) is 2.44. The van der Waals surface area contributed by atoms with Crippen molar-refractivity contribution in [3.05, 3.63) is 107 Å². The molecule has 212 valence electrons. The third-order valence-corrected chi connectivity index (χ3v) is 6.62. The fourth-order valence-electron chi connectivity index (χ4n) is 4.65. The first-order valence-electron chi connectivity index (χ1n) is 13.3. The Balaban J connectivity index is 1.41. The van der Waals surface area contributed by atoms with Crippen molar-refractivity contribution in [3.63, 3.8) is 0 Å². The summed E-state index contributed by atoms with van der Waals surface area (Å²) in [4.78, 5) is 22.7. The summed E-state index contributed by atoms with van der Waals surface area (Å²) in [5.41, 5.74) is 4.47. The second-order valence-corrected chi connectivity index (χ2v) is 9.48.